The quantitative estimate of drug-likeness (QED) is 0.502. The van der Waals surface area contributed by atoms with Crippen molar-refractivity contribution in [2.24, 2.45) is 5.16 Å². The third-order valence-electron chi connectivity index (χ3n) is 3.22. The fourth-order valence-corrected chi connectivity index (χ4v) is 3.23. The van der Waals surface area contributed by atoms with Crippen LogP contribution in [0, 0.1) is 0 Å². The van der Waals surface area contributed by atoms with Crippen LogP contribution < -0.4 is 5.32 Å². The zero-order valence-electron chi connectivity index (χ0n) is 10.3. The molecule has 1 unspecified atom stereocenters. The SMILES string of the molecule is C/C(CC1NC(=O)c2ccsc2-n2cccc21)=N/O. The van der Waals surface area contributed by atoms with Crippen LogP contribution >= 0.6 is 11.3 Å². The van der Waals surface area contributed by atoms with Crippen LogP contribution in [-0.4, -0.2) is 21.4 Å². The molecule has 0 radical (unpaired) electrons. The number of nitrogens with one attached hydrogen (secondary N) is 1. The van der Waals surface area contributed by atoms with Crippen molar-refractivity contribution in [3.8, 4) is 5.00 Å². The fourth-order valence-electron chi connectivity index (χ4n) is 2.33. The van der Waals surface area contributed by atoms with E-state index in [1.165, 1.54) is 11.3 Å². The molecular formula is C13H13N3O2S. The molecule has 0 aliphatic carbocycles. The van der Waals surface area contributed by atoms with Crippen molar-refractivity contribution in [1.29, 1.82) is 0 Å². The van der Waals surface area contributed by atoms with E-state index < -0.39 is 0 Å². The van der Waals surface area contributed by atoms with Gasteiger partial charge >= 0.3 is 0 Å². The molecule has 3 heterocycles. The minimum Gasteiger partial charge on any atom is -0.411 e. The van der Waals surface area contributed by atoms with Crippen LogP contribution in [0.3, 0.4) is 0 Å². The molecule has 1 aliphatic heterocycles. The molecule has 0 bridgehead atoms. The third kappa shape index (κ3) is 1.94. The highest BCUT2D eigenvalue weighted by Gasteiger charge is 2.27. The van der Waals surface area contributed by atoms with Crippen molar-refractivity contribution in [1.82, 2.24) is 9.88 Å². The highest BCUT2D eigenvalue weighted by Crippen LogP contribution is 2.31. The number of thiophene rings is 1. The molecule has 5 nitrogen and oxygen atoms in total. The third-order valence-corrected chi connectivity index (χ3v) is 4.13. The number of fused-ring (bicyclic) bond motifs is 3. The van der Waals surface area contributed by atoms with E-state index in [1.807, 2.05) is 34.3 Å². The van der Waals surface area contributed by atoms with Gasteiger partial charge in [0.1, 0.15) is 5.00 Å². The zero-order valence-corrected chi connectivity index (χ0v) is 11.1. The summed E-state index contributed by atoms with van der Waals surface area (Å²) in [6.07, 6.45) is 2.44. The summed E-state index contributed by atoms with van der Waals surface area (Å²) in [7, 11) is 0. The van der Waals surface area contributed by atoms with Gasteiger partial charge in [-0.15, -0.1) is 11.3 Å². The Morgan fingerprint density at radius 1 is 1.58 bits per heavy atom. The molecule has 2 aromatic rings. The number of oxime groups is 1. The number of carbonyl (C=O) groups excluding carboxylic acids is 1. The number of carbonyl (C=O) groups is 1. The average molecular weight is 275 g/mol. The van der Waals surface area contributed by atoms with Gasteiger partial charge in [-0.05, 0) is 30.5 Å². The zero-order chi connectivity index (χ0) is 13.4. The summed E-state index contributed by atoms with van der Waals surface area (Å²) in [6, 6.07) is 5.58. The second-order valence-electron chi connectivity index (χ2n) is 4.51. The molecule has 2 N–H and O–H groups in total. The van der Waals surface area contributed by atoms with Gasteiger partial charge in [-0.2, -0.15) is 0 Å². The van der Waals surface area contributed by atoms with Crippen LogP contribution in [0.15, 0.2) is 34.9 Å². The van der Waals surface area contributed by atoms with Gasteiger partial charge in [0.05, 0.1) is 17.3 Å². The lowest BCUT2D eigenvalue weighted by Gasteiger charge is -2.16. The first-order valence-corrected chi connectivity index (χ1v) is 6.82. The predicted molar refractivity (Wildman–Crippen MR) is 73.4 cm³/mol. The lowest BCUT2D eigenvalue weighted by Crippen LogP contribution is -2.28. The average Bonchev–Trinajstić information content (AvgIpc) is 3.03. The van der Waals surface area contributed by atoms with E-state index in [4.69, 9.17) is 5.21 Å². The molecule has 0 saturated heterocycles. The summed E-state index contributed by atoms with van der Waals surface area (Å²) in [5, 5.41) is 17.8. The number of hydrogen-bond acceptors (Lipinski definition) is 4. The number of amides is 1. The fraction of sp³-hybridized carbons (Fsp3) is 0.231. The molecule has 1 aliphatic rings. The van der Waals surface area contributed by atoms with E-state index in [9.17, 15) is 4.79 Å². The van der Waals surface area contributed by atoms with E-state index >= 15 is 0 Å². The smallest absolute Gasteiger partial charge is 0.254 e. The molecule has 3 rings (SSSR count). The Hall–Kier alpha value is -2.08. The van der Waals surface area contributed by atoms with Crippen LogP contribution in [0.4, 0.5) is 0 Å². The van der Waals surface area contributed by atoms with Crippen molar-refractivity contribution in [3.63, 3.8) is 0 Å². The van der Waals surface area contributed by atoms with E-state index in [2.05, 4.69) is 10.5 Å². The van der Waals surface area contributed by atoms with Crippen LogP contribution in [0.25, 0.3) is 5.00 Å². The number of hydrogen-bond donors (Lipinski definition) is 2. The minimum atomic E-state index is -0.182. The molecule has 6 heteroatoms. The van der Waals surface area contributed by atoms with Crippen molar-refractivity contribution in [2.75, 3.05) is 0 Å². The molecule has 0 aromatic carbocycles. The first-order chi connectivity index (χ1) is 9.20. The molecule has 2 aromatic heterocycles. The van der Waals surface area contributed by atoms with Gasteiger partial charge in [0, 0.05) is 18.3 Å². The molecule has 19 heavy (non-hydrogen) atoms. The highest BCUT2D eigenvalue weighted by molar-refractivity contribution is 7.13. The Bertz CT molecular complexity index is 656. The first kappa shape index (κ1) is 12.0. The summed E-state index contributed by atoms with van der Waals surface area (Å²) in [5.74, 6) is -0.0873. The molecule has 0 fully saturated rings. The van der Waals surface area contributed by atoms with Crippen LogP contribution in [0.1, 0.15) is 35.4 Å². The second kappa shape index (κ2) is 4.55. The molecule has 98 valence electrons. The first-order valence-electron chi connectivity index (χ1n) is 5.94. The summed E-state index contributed by atoms with van der Waals surface area (Å²) in [4.78, 5) is 12.2. The van der Waals surface area contributed by atoms with Crippen LogP contribution in [0.2, 0.25) is 0 Å². The molecule has 0 spiro atoms. The molecular weight excluding hydrogens is 262 g/mol. The maximum Gasteiger partial charge on any atom is 0.254 e. The standard InChI is InChI=1S/C13H13N3O2S/c1-8(15-18)7-10-11-3-2-5-16(11)13-9(4-6-19-13)12(17)14-10/h2-6,10,18H,7H2,1H3,(H,14,17)/b15-8-. The summed E-state index contributed by atoms with van der Waals surface area (Å²) >= 11 is 1.54. The molecule has 1 amide bonds. The highest BCUT2D eigenvalue weighted by atomic mass is 32.1. The largest absolute Gasteiger partial charge is 0.411 e. The van der Waals surface area contributed by atoms with Gasteiger partial charge in [-0.25, -0.2) is 0 Å². The van der Waals surface area contributed by atoms with Gasteiger partial charge in [0.2, 0.25) is 0 Å². The van der Waals surface area contributed by atoms with Crippen molar-refractivity contribution >= 4 is 23.0 Å². The Balaban J connectivity index is 2.08. The van der Waals surface area contributed by atoms with Gasteiger partial charge in [0.15, 0.2) is 0 Å². The van der Waals surface area contributed by atoms with Crippen molar-refractivity contribution in [2.45, 2.75) is 19.4 Å². The maximum absolute atomic E-state index is 12.2. The van der Waals surface area contributed by atoms with E-state index in [0.717, 1.165) is 10.7 Å². The molecule has 0 saturated carbocycles. The van der Waals surface area contributed by atoms with Crippen LogP contribution in [-0.2, 0) is 0 Å². The Labute approximate surface area is 114 Å². The maximum atomic E-state index is 12.2. The van der Waals surface area contributed by atoms with Crippen molar-refractivity contribution in [3.05, 3.63) is 41.0 Å². The Morgan fingerprint density at radius 2 is 2.42 bits per heavy atom. The summed E-state index contributed by atoms with van der Waals surface area (Å²) in [5.41, 5.74) is 2.27. The monoisotopic (exact) mass is 275 g/mol. The normalized spacial score (nSPS) is 18.5. The van der Waals surface area contributed by atoms with Gasteiger partial charge in [-0.1, -0.05) is 5.16 Å². The van der Waals surface area contributed by atoms with E-state index in [1.54, 1.807) is 6.92 Å². The molecule has 1 atom stereocenters. The number of aromatic nitrogens is 1. The van der Waals surface area contributed by atoms with E-state index in [0.29, 0.717) is 17.7 Å². The Morgan fingerprint density at radius 3 is 3.21 bits per heavy atom. The van der Waals surface area contributed by atoms with Crippen molar-refractivity contribution < 1.29 is 10.0 Å². The van der Waals surface area contributed by atoms with Crippen LogP contribution in [0.5, 0.6) is 0 Å². The number of nitrogens with zero attached hydrogens (tertiary/aromatic N) is 2. The van der Waals surface area contributed by atoms with Gasteiger partial charge < -0.3 is 15.1 Å². The second-order valence-corrected chi connectivity index (χ2v) is 5.40. The predicted octanol–water partition coefficient (Wildman–Crippen LogP) is 2.56. The van der Waals surface area contributed by atoms with E-state index in [-0.39, 0.29) is 11.9 Å². The lowest BCUT2D eigenvalue weighted by molar-refractivity contribution is 0.0940. The van der Waals surface area contributed by atoms with Gasteiger partial charge in [-0.3, -0.25) is 4.79 Å². The topological polar surface area (TPSA) is 66.6 Å². The lowest BCUT2D eigenvalue weighted by atomic mass is 10.1. The Kier molecular flexibility index (Phi) is 2.87. The summed E-state index contributed by atoms with van der Waals surface area (Å²) < 4.78 is 2.02. The summed E-state index contributed by atoms with van der Waals surface area (Å²) in [6.45, 7) is 1.74. The number of rotatable bonds is 2. The van der Waals surface area contributed by atoms with Gasteiger partial charge in [0.25, 0.3) is 5.91 Å². The minimum absolute atomic E-state index is 0.0873.